The van der Waals surface area contributed by atoms with E-state index in [1.54, 1.807) is 6.20 Å². The van der Waals surface area contributed by atoms with Gasteiger partial charge < -0.3 is 25.8 Å². The number of aliphatic hydroxyl groups is 1. The van der Waals surface area contributed by atoms with Crippen LogP contribution in [0.1, 0.15) is 11.3 Å². The molecule has 0 saturated heterocycles. The van der Waals surface area contributed by atoms with E-state index in [0.717, 1.165) is 23.9 Å². The van der Waals surface area contributed by atoms with Gasteiger partial charge >= 0.3 is 6.09 Å². The lowest BCUT2D eigenvalue weighted by atomic mass is 10.0. The number of halogens is 2. The highest BCUT2D eigenvalue weighted by atomic mass is 19.1. The number of nitrogens with one attached hydrogen (secondary N) is 3. The van der Waals surface area contributed by atoms with Crippen molar-refractivity contribution < 1.29 is 23.8 Å². The van der Waals surface area contributed by atoms with Gasteiger partial charge in [0.2, 0.25) is 0 Å². The molecular formula is C16H19F2N3O3. The first kappa shape index (κ1) is 17.9. The predicted molar refractivity (Wildman–Crippen MR) is 83.5 cm³/mol. The molecule has 0 spiro atoms. The lowest BCUT2D eigenvalue weighted by Gasteiger charge is -2.23. The first-order valence-electron chi connectivity index (χ1n) is 7.39. The molecule has 1 heterocycles. The van der Waals surface area contributed by atoms with E-state index in [9.17, 15) is 18.7 Å². The number of aromatic amines is 1. The molecule has 1 amide bonds. The van der Waals surface area contributed by atoms with Crippen LogP contribution in [0, 0.1) is 11.6 Å². The molecule has 0 bridgehead atoms. The smallest absolute Gasteiger partial charge is 0.404 e. The lowest BCUT2D eigenvalue weighted by Crippen LogP contribution is -2.48. The van der Waals surface area contributed by atoms with E-state index in [0.29, 0.717) is 6.54 Å². The minimum Gasteiger partial charge on any atom is -0.465 e. The standard InChI is InChI=1S/C16H19F2N3O3/c17-11-4-10(5-12(18)7-11)6-14(21-16(23)24)15(22)9-19-8-13-2-1-3-20-13/h1-5,7,14-15,19-22H,6,8-9H2,(H,23,24)/t14-,15+/m0/s1. The van der Waals surface area contributed by atoms with E-state index >= 15 is 0 Å². The van der Waals surface area contributed by atoms with Gasteiger partial charge in [-0.1, -0.05) is 0 Å². The summed E-state index contributed by atoms with van der Waals surface area (Å²) in [5.41, 5.74) is 1.17. The van der Waals surface area contributed by atoms with Crippen molar-refractivity contribution in [2.75, 3.05) is 6.54 Å². The molecule has 0 radical (unpaired) electrons. The number of aliphatic hydroxyl groups excluding tert-OH is 1. The second kappa shape index (κ2) is 8.42. The minimum atomic E-state index is -1.32. The van der Waals surface area contributed by atoms with Crippen LogP contribution in [-0.2, 0) is 13.0 Å². The van der Waals surface area contributed by atoms with Gasteiger partial charge in [0.05, 0.1) is 12.1 Å². The summed E-state index contributed by atoms with van der Waals surface area (Å²) >= 11 is 0. The molecule has 0 aliphatic rings. The number of amides is 1. The molecule has 130 valence electrons. The number of hydrogen-bond acceptors (Lipinski definition) is 3. The average molecular weight is 339 g/mol. The first-order valence-corrected chi connectivity index (χ1v) is 7.39. The predicted octanol–water partition coefficient (Wildman–Crippen LogP) is 1.62. The van der Waals surface area contributed by atoms with Crippen LogP contribution in [0.15, 0.2) is 36.5 Å². The Morgan fingerprint density at radius 2 is 1.96 bits per heavy atom. The fourth-order valence-corrected chi connectivity index (χ4v) is 2.40. The molecule has 2 atom stereocenters. The van der Waals surface area contributed by atoms with Crippen molar-refractivity contribution in [2.45, 2.75) is 25.1 Å². The molecule has 0 aliphatic carbocycles. The third-order valence-corrected chi connectivity index (χ3v) is 3.48. The maximum Gasteiger partial charge on any atom is 0.404 e. The van der Waals surface area contributed by atoms with E-state index < -0.39 is 29.9 Å². The molecule has 1 aromatic heterocycles. The summed E-state index contributed by atoms with van der Waals surface area (Å²) in [6.45, 7) is 0.584. The van der Waals surface area contributed by atoms with Gasteiger partial charge in [0.15, 0.2) is 0 Å². The van der Waals surface area contributed by atoms with Crippen LogP contribution in [0.2, 0.25) is 0 Å². The van der Waals surface area contributed by atoms with Crippen molar-refractivity contribution in [3.63, 3.8) is 0 Å². The van der Waals surface area contributed by atoms with Crippen LogP contribution in [0.3, 0.4) is 0 Å². The van der Waals surface area contributed by atoms with Crippen molar-refractivity contribution in [3.8, 4) is 0 Å². The highest BCUT2D eigenvalue weighted by Crippen LogP contribution is 2.12. The quantitative estimate of drug-likeness (QED) is 0.505. The van der Waals surface area contributed by atoms with Crippen molar-refractivity contribution >= 4 is 6.09 Å². The molecule has 6 nitrogen and oxygen atoms in total. The Balaban J connectivity index is 1.96. The Labute approximate surface area is 137 Å². The summed E-state index contributed by atoms with van der Waals surface area (Å²) in [5, 5.41) is 24.3. The van der Waals surface area contributed by atoms with Crippen LogP contribution in [0.4, 0.5) is 13.6 Å². The van der Waals surface area contributed by atoms with Gasteiger partial charge in [-0.25, -0.2) is 13.6 Å². The Morgan fingerprint density at radius 3 is 2.54 bits per heavy atom. The molecule has 1 aromatic carbocycles. The maximum atomic E-state index is 13.2. The van der Waals surface area contributed by atoms with Gasteiger partial charge in [0.25, 0.3) is 0 Å². The third-order valence-electron chi connectivity index (χ3n) is 3.48. The van der Waals surface area contributed by atoms with Crippen LogP contribution >= 0.6 is 0 Å². The van der Waals surface area contributed by atoms with Crippen LogP contribution in [0.5, 0.6) is 0 Å². The Bertz CT molecular complexity index is 644. The number of carboxylic acid groups (broad SMARTS) is 1. The SMILES string of the molecule is O=C(O)N[C@@H](Cc1cc(F)cc(F)c1)[C@H](O)CNCc1ccc[nH]1. The molecule has 5 N–H and O–H groups in total. The molecule has 0 unspecified atom stereocenters. The zero-order valence-corrected chi connectivity index (χ0v) is 12.8. The monoisotopic (exact) mass is 339 g/mol. The highest BCUT2D eigenvalue weighted by molar-refractivity contribution is 5.65. The number of benzene rings is 1. The van der Waals surface area contributed by atoms with Crippen molar-refractivity contribution in [3.05, 3.63) is 59.4 Å². The molecule has 0 saturated carbocycles. The highest BCUT2D eigenvalue weighted by Gasteiger charge is 2.22. The maximum absolute atomic E-state index is 13.2. The molecule has 24 heavy (non-hydrogen) atoms. The van der Waals surface area contributed by atoms with E-state index in [1.807, 2.05) is 12.1 Å². The van der Waals surface area contributed by atoms with Gasteiger partial charge in [-0.15, -0.1) is 0 Å². The van der Waals surface area contributed by atoms with Crippen LogP contribution < -0.4 is 10.6 Å². The lowest BCUT2D eigenvalue weighted by molar-refractivity contribution is 0.117. The Morgan fingerprint density at radius 1 is 1.25 bits per heavy atom. The molecule has 0 fully saturated rings. The Kier molecular flexibility index (Phi) is 6.28. The first-order chi connectivity index (χ1) is 11.4. The Hall–Kier alpha value is -2.45. The number of rotatable bonds is 8. The molecule has 2 aromatic rings. The fourth-order valence-electron chi connectivity index (χ4n) is 2.40. The van der Waals surface area contributed by atoms with Crippen LogP contribution in [0.25, 0.3) is 0 Å². The average Bonchev–Trinajstić information content (AvgIpc) is 2.98. The summed E-state index contributed by atoms with van der Waals surface area (Å²) in [5.74, 6) is -1.50. The van der Waals surface area contributed by atoms with E-state index in [1.165, 1.54) is 0 Å². The van der Waals surface area contributed by atoms with Crippen molar-refractivity contribution in [2.24, 2.45) is 0 Å². The summed E-state index contributed by atoms with van der Waals surface area (Å²) in [6.07, 6.45) is -0.657. The third kappa shape index (κ3) is 5.64. The number of aromatic nitrogens is 1. The fraction of sp³-hybridized carbons (Fsp3) is 0.312. The minimum absolute atomic E-state index is 0.0354. The van der Waals surface area contributed by atoms with Gasteiger partial charge in [-0.05, 0) is 36.2 Å². The largest absolute Gasteiger partial charge is 0.465 e. The van der Waals surface area contributed by atoms with Gasteiger partial charge in [0, 0.05) is 31.0 Å². The van der Waals surface area contributed by atoms with Gasteiger partial charge in [0.1, 0.15) is 11.6 Å². The topological polar surface area (TPSA) is 97.4 Å². The summed E-state index contributed by atoms with van der Waals surface area (Å²) in [7, 11) is 0. The summed E-state index contributed by atoms with van der Waals surface area (Å²) in [6, 6.07) is 5.75. The van der Waals surface area contributed by atoms with Gasteiger partial charge in [-0.2, -0.15) is 0 Å². The molecule has 8 heteroatoms. The molecule has 0 aliphatic heterocycles. The normalized spacial score (nSPS) is 13.5. The van der Waals surface area contributed by atoms with E-state index in [2.05, 4.69) is 15.6 Å². The van der Waals surface area contributed by atoms with Crippen molar-refractivity contribution in [1.29, 1.82) is 0 Å². The number of H-pyrrole nitrogens is 1. The zero-order chi connectivity index (χ0) is 17.5. The second-order valence-electron chi connectivity index (χ2n) is 5.43. The molecular weight excluding hydrogens is 320 g/mol. The number of hydrogen-bond donors (Lipinski definition) is 5. The van der Waals surface area contributed by atoms with Gasteiger partial charge in [-0.3, -0.25) is 0 Å². The van der Waals surface area contributed by atoms with Crippen LogP contribution in [-0.4, -0.2) is 40.0 Å². The second-order valence-corrected chi connectivity index (χ2v) is 5.43. The summed E-state index contributed by atoms with van der Waals surface area (Å²) < 4.78 is 26.5. The summed E-state index contributed by atoms with van der Waals surface area (Å²) in [4.78, 5) is 13.9. The number of carbonyl (C=O) groups is 1. The van der Waals surface area contributed by atoms with E-state index in [-0.39, 0.29) is 18.5 Å². The van der Waals surface area contributed by atoms with E-state index in [4.69, 9.17) is 5.11 Å². The molecule has 2 rings (SSSR count). The van der Waals surface area contributed by atoms with Crippen molar-refractivity contribution in [1.82, 2.24) is 15.6 Å². The zero-order valence-electron chi connectivity index (χ0n) is 12.8.